The summed E-state index contributed by atoms with van der Waals surface area (Å²) in [5.41, 5.74) is 0.242. The number of pyridine rings is 1. The first-order valence-corrected chi connectivity index (χ1v) is 8.24. The largest absolute Gasteiger partial charge is 0.282 e. The minimum Gasteiger partial charge on any atom is -0.282 e. The van der Waals surface area contributed by atoms with Crippen LogP contribution in [0.15, 0.2) is 23.4 Å². The van der Waals surface area contributed by atoms with E-state index in [9.17, 15) is 16.8 Å². The zero-order valence-corrected chi connectivity index (χ0v) is 11.3. The maximum absolute atomic E-state index is 11.5. The minimum absolute atomic E-state index is 0.0926. The predicted molar refractivity (Wildman–Crippen MR) is 65.0 cm³/mol. The van der Waals surface area contributed by atoms with E-state index >= 15 is 0 Å². The number of sulfone groups is 1. The van der Waals surface area contributed by atoms with Crippen molar-refractivity contribution in [3.8, 4) is 0 Å². The molecule has 0 spiro atoms. The van der Waals surface area contributed by atoms with Gasteiger partial charge in [0.15, 0.2) is 14.9 Å². The van der Waals surface area contributed by atoms with Crippen LogP contribution in [0.1, 0.15) is 13.8 Å². The molecule has 0 radical (unpaired) electrons. The Kier molecular flexibility index (Phi) is 3.78. The van der Waals surface area contributed by atoms with E-state index in [0.717, 1.165) is 6.26 Å². The van der Waals surface area contributed by atoms with Gasteiger partial charge in [0.25, 0.3) is 0 Å². The first-order chi connectivity index (χ1) is 7.63. The maximum Gasteiger partial charge on any atom is 0.235 e. The molecule has 1 N–H and O–H groups in total. The van der Waals surface area contributed by atoms with Crippen molar-refractivity contribution in [3.05, 3.63) is 18.3 Å². The molecule has 0 aliphatic carbocycles. The van der Waals surface area contributed by atoms with Crippen LogP contribution in [0, 0.1) is 0 Å². The molecular formula is C9H14N2O4S2. The van der Waals surface area contributed by atoms with E-state index in [2.05, 4.69) is 9.71 Å². The molecule has 0 saturated heterocycles. The first-order valence-electron chi connectivity index (χ1n) is 4.80. The molecule has 17 heavy (non-hydrogen) atoms. The van der Waals surface area contributed by atoms with Gasteiger partial charge in [-0.15, -0.1) is 0 Å². The zero-order chi connectivity index (χ0) is 13.3. The third-order valence-corrected chi connectivity index (χ3v) is 4.76. The molecule has 0 aromatic carbocycles. The number of hydrogen-bond acceptors (Lipinski definition) is 5. The lowest BCUT2D eigenvalue weighted by Gasteiger charge is -2.10. The van der Waals surface area contributed by atoms with Crippen LogP contribution in [0.25, 0.3) is 0 Å². The minimum atomic E-state index is -3.44. The summed E-state index contributed by atoms with van der Waals surface area (Å²) >= 11 is 0. The van der Waals surface area contributed by atoms with Gasteiger partial charge in [0.1, 0.15) is 0 Å². The number of anilines is 1. The molecule has 0 unspecified atom stereocenters. The van der Waals surface area contributed by atoms with Gasteiger partial charge in [-0.2, -0.15) is 0 Å². The Labute approximate surface area is 101 Å². The quantitative estimate of drug-likeness (QED) is 0.872. The van der Waals surface area contributed by atoms with Crippen LogP contribution in [-0.4, -0.2) is 33.3 Å². The molecule has 8 heteroatoms. The third kappa shape index (κ3) is 3.67. The lowest BCUT2D eigenvalue weighted by molar-refractivity contribution is 0.592. The Morgan fingerprint density at radius 1 is 1.18 bits per heavy atom. The standard InChI is InChI=1S/C9H14N2O4S2/c1-7(2)17(14,15)11-8-4-5-9(10-6-8)16(3,12)13/h4-7,11H,1-3H3. The summed E-state index contributed by atoms with van der Waals surface area (Å²) in [6, 6.07) is 2.62. The number of sulfonamides is 1. The second-order valence-corrected chi connectivity index (χ2v) is 8.05. The highest BCUT2D eigenvalue weighted by Gasteiger charge is 2.16. The summed E-state index contributed by atoms with van der Waals surface area (Å²) in [5.74, 6) is 0. The fourth-order valence-corrected chi connectivity index (χ4v) is 2.19. The van der Waals surface area contributed by atoms with Gasteiger partial charge in [-0.25, -0.2) is 21.8 Å². The van der Waals surface area contributed by atoms with Gasteiger partial charge < -0.3 is 0 Å². The van der Waals surface area contributed by atoms with Crippen molar-refractivity contribution in [2.45, 2.75) is 24.1 Å². The average Bonchev–Trinajstić information content (AvgIpc) is 2.16. The topological polar surface area (TPSA) is 93.2 Å². The van der Waals surface area contributed by atoms with Crippen LogP contribution in [0.2, 0.25) is 0 Å². The van der Waals surface area contributed by atoms with Gasteiger partial charge >= 0.3 is 0 Å². The molecule has 1 aromatic rings. The summed E-state index contributed by atoms with van der Waals surface area (Å²) in [4.78, 5) is 3.68. The van der Waals surface area contributed by atoms with E-state index in [-0.39, 0.29) is 10.7 Å². The van der Waals surface area contributed by atoms with Gasteiger partial charge in [-0.05, 0) is 26.0 Å². The number of aromatic nitrogens is 1. The molecule has 0 aliphatic rings. The Morgan fingerprint density at radius 2 is 1.76 bits per heavy atom. The lowest BCUT2D eigenvalue weighted by Crippen LogP contribution is -2.22. The molecule has 0 amide bonds. The van der Waals surface area contributed by atoms with E-state index < -0.39 is 25.1 Å². The highest BCUT2D eigenvalue weighted by atomic mass is 32.2. The van der Waals surface area contributed by atoms with Crippen molar-refractivity contribution in [2.24, 2.45) is 0 Å². The average molecular weight is 278 g/mol. The SMILES string of the molecule is CC(C)S(=O)(=O)Nc1ccc(S(C)(=O)=O)nc1. The van der Waals surface area contributed by atoms with Crippen LogP contribution in [0.5, 0.6) is 0 Å². The van der Waals surface area contributed by atoms with E-state index in [4.69, 9.17) is 0 Å². The summed E-state index contributed by atoms with van der Waals surface area (Å²) in [6.45, 7) is 3.08. The monoisotopic (exact) mass is 278 g/mol. The summed E-state index contributed by atoms with van der Waals surface area (Å²) in [5, 5.41) is -0.665. The van der Waals surface area contributed by atoms with Crippen LogP contribution in [0.3, 0.4) is 0 Å². The summed E-state index contributed by atoms with van der Waals surface area (Å²) in [6.07, 6.45) is 2.21. The summed E-state index contributed by atoms with van der Waals surface area (Å²) in [7, 11) is -6.81. The Hall–Kier alpha value is -1.15. The number of nitrogens with zero attached hydrogens (tertiary/aromatic N) is 1. The highest BCUT2D eigenvalue weighted by molar-refractivity contribution is 7.93. The number of rotatable bonds is 4. The van der Waals surface area contributed by atoms with E-state index in [1.165, 1.54) is 18.3 Å². The van der Waals surface area contributed by atoms with Gasteiger partial charge in [0.05, 0.1) is 17.1 Å². The van der Waals surface area contributed by atoms with Crippen LogP contribution in [-0.2, 0) is 19.9 Å². The molecule has 1 heterocycles. The molecule has 1 rings (SSSR count). The first kappa shape index (κ1) is 13.9. The molecule has 96 valence electrons. The molecule has 6 nitrogen and oxygen atoms in total. The smallest absolute Gasteiger partial charge is 0.235 e. The van der Waals surface area contributed by atoms with Gasteiger partial charge in [0, 0.05) is 6.26 Å². The van der Waals surface area contributed by atoms with E-state index in [1.807, 2.05) is 0 Å². The Bertz CT molecular complexity index is 588. The maximum atomic E-state index is 11.5. The van der Waals surface area contributed by atoms with Crippen molar-refractivity contribution in [3.63, 3.8) is 0 Å². The molecule has 0 aliphatic heterocycles. The van der Waals surface area contributed by atoms with Gasteiger partial charge in [0.2, 0.25) is 10.0 Å². The fraction of sp³-hybridized carbons (Fsp3) is 0.444. The van der Waals surface area contributed by atoms with Crippen LogP contribution in [0.4, 0.5) is 5.69 Å². The second kappa shape index (κ2) is 4.61. The lowest BCUT2D eigenvalue weighted by atomic mass is 10.4. The molecular weight excluding hydrogens is 264 g/mol. The zero-order valence-electron chi connectivity index (χ0n) is 9.71. The van der Waals surface area contributed by atoms with E-state index in [0.29, 0.717) is 0 Å². The Morgan fingerprint density at radius 3 is 2.12 bits per heavy atom. The third-order valence-electron chi connectivity index (χ3n) is 2.00. The predicted octanol–water partition coefficient (Wildman–Crippen LogP) is 0.635. The molecule has 1 aromatic heterocycles. The van der Waals surface area contributed by atoms with Crippen LogP contribution >= 0.6 is 0 Å². The van der Waals surface area contributed by atoms with Crippen molar-refractivity contribution < 1.29 is 16.8 Å². The highest BCUT2D eigenvalue weighted by Crippen LogP contribution is 2.13. The molecule has 0 fully saturated rings. The van der Waals surface area contributed by atoms with Crippen LogP contribution < -0.4 is 4.72 Å². The van der Waals surface area contributed by atoms with E-state index in [1.54, 1.807) is 13.8 Å². The number of hydrogen-bond donors (Lipinski definition) is 1. The van der Waals surface area contributed by atoms with Gasteiger partial charge in [-0.1, -0.05) is 0 Å². The van der Waals surface area contributed by atoms with Crippen molar-refractivity contribution in [1.29, 1.82) is 0 Å². The fourth-order valence-electron chi connectivity index (χ4n) is 0.942. The normalized spacial score (nSPS) is 12.7. The second-order valence-electron chi connectivity index (χ2n) is 3.85. The Balaban J connectivity index is 2.98. The van der Waals surface area contributed by atoms with Gasteiger partial charge in [-0.3, -0.25) is 4.72 Å². The number of nitrogens with one attached hydrogen (secondary N) is 1. The summed E-state index contributed by atoms with van der Waals surface area (Å²) < 4.78 is 47.6. The van der Waals surface area contributed by atoms with Crippen molar-refractivity contribution in [1.82, 2.24) is 4.98 Å². The molecule has 0 atom stereocenters. The molecule has 0 bridgehead atoms. The van der Waals surface area contributed by atoms with Crippen molar-refractivity contribution in [2.75, 3.05) is 11.0 Å². The molecule has 0 saturated carbocycles. The van der Waals surface area contributed by atoms with Crippen molar-refractivity contribution >= 4 is 25.5 Å².